The predicted octanol–water partition coefficient (Wildman–Crippen LogP) is 1.12. The molecule has 0 atom stereocenters. The molecule has 1 aromatic carbocycles. The largest absolute Gasteiger partial charge is 0.396 e. The molecule has 3 rings (SSSR count). The molecule has 7 heteroatoms. The van der Waals surface area contributed by atoms with Crippen molar-refractivity contribution in [1.82, 2.24) is 19.8 Å². The number of hydrogen-bond acceptors (Lipinski definition) is 5. The van der Waals surface area contributed by atoms with Gasteiger partial charge in [0.2, 0.25) is 0 Å². The fraction of sp³-hybridized carbons (Fsp3) is 0.200. The first kappa shape index (κ1) is 14.0. The Labute approximate surface area is 127 Å². The van der Waals surface area contributed by atoms with Crippen LogP contribution in [0.25, 0.3) is 11.3 Å². The molecular weight excluding hydrogens is 282 g/mol. The smallest absolute Gasteiger partial charge is 0.327 e. The van der Waals surface area contributed by atoms with Gasteiger partial charge in [0, 0.05) is 12.6 Å². The predicted molar refractivity (Wildman–Crippen MR) is 80.5 cm³/mol. The number of anilines is 1. The lowest BCUT2D eigenvalue weighted by Crippen LogP contribution is -2.31. The number of amides is 3. The zero-order valence-electron chi connectivity index (χ0n) is 12.1. The standard InChI is InChI=1S/C15H15N5O2/c1-19-9-13(21)20(15(19)22)8-12-17-7-11(16)14(18-12)10-5-3-2-4-6-10/h2-7H,8-9,16H2,1H3. The van der Waals surface area contributed by atoms with E-state index in [1.54, 1.807) is 7.05 Å². The Morgan fingerprint density at radius 1 is 1.23 bits per heavy atom. The molecule has 0 spiro atoms. The second-order valence-electron chi connectivity index (χ2n) is 5.07. The van der Waals surface area contributed by atoms with Crippen molar-refractivity contribution >= 4 is 17.6 Å². The van der Waals surface area contributed by atoms with E-state index in [1.807, 2.05) is 30.3 Å². The third-order valence-corrected chi connectivity index (χ3v) is 3.44. The molecule has 22 heavy (non-hydrogen) atoms. The van der Waals surface area contributed by atoms with E-state index in [-0.39, 0.29) is 25.0 Å². The normalized spacial score (nSPS) is 14.8. The van der Waals surface area contributed by atoms with Gasteiger partial charge in [0.1, 0.15) is 12.4 Å². The van der Waals surface area contributed by atoms with E-state index < -0.39 is 0 Å². The molecule has 2 heterocycles. The van der Waals surface area contributed by atoms with Gasteiger partial charge in [-0.25, -0.2) is 14.8 Å². The minimum atomic E-state index is -0.341. The molecule has 0 unspecified atom stereocenters. The summed E-state index contributed by atoms with van der Waals surface area (Å²) in [7, 11) is 1.58. The summed E-state index contributed by atoms with van der Waals surface area (Å²) in [5.41, 5.74) is 7.83. The molecule has 1 fully saturated rings. The van der Waals surface area contributed by atoms with Crippen LogP contribution in [-0.2, 0) is 11.3 Å². The summed E-state index contributed by atoms with van der Waals surface area (Å²) in [6, 6.07) is 9.12. The number of aromatic nitrogens is 2. The summed E-state index contributed by atoms with van der Waals surface area (Å²) in [5.74, 6) is 0.124. The van der Waals surface area contributed by atoms with Crippen LogP contribution in [0.1, 0.15) is 5.82 Å². The van der Waals surface area contributed by atoms with E-state index in [2.05, 4.69) is 9.97 Å². The highest BCUT2D eigenvalue weighted by atomic mass is 16.2. The summed E-state index contributed by atoms with van der Waals surface area (Å²) in [6.07, 6.45) is 1.50. The van der Waals surface area contributed by atoms with Gasteiger partial charge in [-0.15, -0.1) is 0 Å². The number of rotatable bonds is 3. The molecule has 2 aromatic rings. The fourth-order valence-electron chi connectivity index (χ4n) is 2.30. The molecule has 1 aromatic heterocycles. The first-order valence-electron chi connectivity index (χ1n) is 6.78. The molecule has 2 N–H and O–H groups in total. The van der Waals surface area contributed by atoms with Crippen molar-refractivity contribution in [2.45, 2.75) is 6.54 Å². The van der Waals surface area contributed by atoms with E-state index in [0.29, 0.717) is 17.2 Å². The number of hydrogen-bond donors (Lipinski definition) is 1. The van der Waals surface area contributed by atoms with Crippen molar-refractivity contribution in [1.29, 1.82) is 0 Å². The maximum Gasteiger partial charge on any atom is 0.327 e. The van der Waals surface area contributed by atoms with Crippen molar-refractivity contribution < 1.29 is 9.59 Å². The van der Waals surface area contributed by atoms with Crippen LogP contribution in [0.5, 0.6) is 0 Å². The van der Waals surface area contributed by atoms with Gasteiger partial charge in [-0.05, 0) is 0 Å². The van der Waals surface area contributed by atoms with Crippen molar-refractivity contribution in [3.8, 4) is 11.3 Å². The van der Waals surface area contributed by atoms with E-state index in [4.69, 9.17) is 5.73 Å². The molecule has 112 valence electrons. The molecule has 0 radical (unpaired) electrons. The van der Waals surface area contributed by atoms with E-state index >= 15 is 0 Å². The molecule has 3 amide bonds. The number of nitrogens with two attached hydrogens (primary N) is 1. The van der Waals surface area contributed by atoms with Gasteiger partial charge in [0.15, 0.2) is 0 Å². The van der Waals surface area contributed by atoms with E-state index in [9.17, 15) is 9.59 Å². The van der Waals surface area contributed by atoms with Gasteiger partial charge >= 0.3 is 6.03 Å². The maximum atomic E-state index is 11.9. The molecular formula is C15H15N5O2. The monoisotopic (exact) mass is 297 g/mol. The SMILES string of the molecule is CN1CC(=O)N(Cc2ncc(N)c(-c3ccccc3)n2)C1=O. The highest BCUT2D eigenvalue weighted by Crippen LogP contribution is 2.23. The third kappa shape index (κ3) is 2.48. The second-order valence-corrected chi connectivity index (χ2v) is 5.07. The average Bonchev–Trinajstić information content (AvgIpc) is 2.76. The Morgan fingerprint density at radius 3 is 2.59 bits per heavy atom. The van der Waals surface area contributed by atoms with Crippen LogP contribution < -0.4 is 5.73 Å². The van der Waals surface area contributed by atoms with Gasteiger partial charge < -0.3 is 10.6 Å². The van der Waals surface area contributed by atoms with Gasteiger partial charge in [-0.1, -0.05) is 30.3 Å². The average molecular weight is 297 g/mol. The highest BCUT2D eigenvalue weighted by molar-refractivity contribution is 6.01. The molecule has 0 saturated carbocycles. The van der Waals surface area contributed by atoms with Crippen LogP contribution in [0.4, 0.5) is 10.5 Å². The van der Waals surface area contributed by atoms with Crippen LogP contribution in [-0.4, -0.2) is 45.3 Å². The number of likely N-dealkylation sites (N-methyl/N-ethyl adjacent to an activating group) is 1. The number of nitrogen functional groups attached to an aromatic ring is 1. The Morgan fingerprint density at radius 2 is 1.95 bits per heavy atom. The summed E-state index contributed by atoms with van der Waals surface area (Å²) in [4.78, 5) is 34.7. The zero-order valence-corrected chi connectivity index (χ0v) is 12.1. The molecule has 1 saturated heterocycles. The molecule has 1 aliphatic rings. The van der Waals surface area contributed by atoms with Crippen molar-refractivity contribution in [3.05, 3.63) is 42.4 Å². The number of benzene rings is 1. The Kier molecular flexibility index (Phi) is 3.46. The highest BCUT2D eigenvalue weighted by Gasteiger charge is 2.34. The number of urea groups is 1. The summed E-state index contributed by atoms with van der Waals surface area (Å²) in [6.45, 7) is 0.126. The molecule has 7 nitrogen and oxygen atoms in total. The minimum absolute atomic E-state index is 0.0438. The van der Waals surface area contributed by atoms with Crippen LogP contribution >= 0.6 is 0 Å². The zero-order chi connectivity index (χ0) is 15.7. The lowest BCUT2D eigenvalue weighted by atomic mass is 10.1. The van der Waals surface area contributed by atoms with Crippen LogP contribution in [0.3, 0.4) is 0 Å². The molecule has 0 aliphatic carbocycles. The summed E-state index contributed by atoms with van der Waals surface area (Å²) >= 11 is 0. The minimum Gasteiger partial charge on any atom is -0.396 e. The summed E-state index contributed by atoms with van der Waals surface area (Å²) < 4.78 is 0. The van der Waals surface area contributed by atoms with Crippen LogP contribution in [0.15, 0.2) is 36.5 Å². The second kappa shape index (κ2) is 5.44. The van der Waals surface area contributed by atoms with E-state index in [0.717, 1.165) is 10.5 Å². The van der Waals surface area contributed by atoms with Gasteiger partial charge in [-0.2, -0.15) is 0 Å². The lowest BCUT2D eigenvalue weighted by Gasteiger charge is -2.14. The maximum absolute atomic E-state index is 11.9. The Bertz CT molecular complexity index is 732. The number of carbonyl (C=O) groups excluding carboxylic acids is 2. The molecule has 1 aliphatic heterocycles. The van der Waals surface area contributed by atoms with Crippen LogP contribution in [0, 0.1) is 0 Å². The third-order valence-electron chi connectivity index (χ3n) is 3.44. The fourth-order valence-corrected chi connectivity index (χ4v) is 2.30. The van der Waals surface area contributed by atoms with Gasteiger partial charge in [0.05, 0.1) is 24.1 Å². The topological polar surface area (TPSA) is 92.4 Å². The number of imide groups is 1. The first-order valence-corrected chi connectivity index (χ1v) is 6.78. The quantitative estimate of drug-likeness (QED) is 0.857. The van der Waals surface area contributed by atoms with Crippen molar-refractivity contribution in [2.24, 2.45) is 0 Å². The number of nitrogens with zero attached hydrogens (tertiary/aromatic N) is 4. The van der Waals surface area contributed by atoms with Crippen molar-refractivity contribution in [3.63, 3.8) is 0 Å². The van der Waals surface area contributed by atoms with Gasteiger partial charge in [0.25, 0.3) is 5.91 Å². The van der Waals surface area contributed by atoms with Crippen LogP contribution in [0.2, 0.25) is 0 Å². The van der Waals surface area contributed by atoms with Gasteiger partial charge in [-0.3, -0.25) is 9.69 Å². The van der Waals surface area contributed by atoms with E-state index in [1.165, 1.54) is 11.1 Å². The Hall–Kier alpha value is -2.96. The summed E-state index contributed by atoms with van der Waals surface area (Å²) in [5, 5.41) is 0. The van der Waals surface area contributed by atoms with Crippen molar-refractivity contribution in [2.75, 3.05) is 19.3 Å². The lowest BCUT2D eigenvalue weighted by molar-refractivity contribution is -0.125. The Balaban J connectivity index is 1.90. The first-order chi connectivity index (χ1) is 10.6. The number of carbonyl (C=O) groups is 2. The molecule has 0 bridgehead atoms.